The number of amides is 1. The first-order valence-electron chi connectivity index (χ1n) is 6.75. The standard InChI is InChI=1S/C14H19FN4O2/c1-10-2-3-12(15)11(8-10)14(20)19-6-4-18(5-7-19)9-13(16)17-21/h2-3,8,21H,4-7,9H2,1H3,(H2,16,17). The van der Waals surface area contributed by atoms with Crippen molar-refractivity contribution in [1.29, 1.82) is 0 Å². The summed E-state index contributed by atoms with van der Waals surface area (Å²) in [5.41, 5.74) is 6.42. The van der Waals surface area contributed by atoms with Gasteiger partial charge in [0.25, 0.3) is 5.91 Å². The van der Waals surface area contributed by atoms with Crippen LogP contribution in [0.15, 0.2) is 23.4 Å². The fraction of sp³-hybridized carbons (Fsp3) is 0.429. The van der Waals surface area contributed by atoms with E-state index >= 15 is 0 Å². The smallest absolute Gasteiger partial charge is 0.256 e. The summed E-state index contributed by atoms with van der Waals surface area (Å²) in [6.45, 7) is 4.38. The molecule has 1 aliphatic heterocycles. The maximum Gasteiger partial charge on any atom is 0.256 e. The SMILES string of the molecule is Cc1ccc(F)c(C(=O)N2CCN(CC(N)=NO)CC2)c1. The lowest BCUT2D eigenvalue weighted by atomic mass is 10.1. The van der Waals surface area contributed by atoms with E-state index in [0.29, 0.717) is 32.7 Å². The molecular formula is C14H19FN4O2. The zero-order chi connectivity index (χ0) is 15.4. The van der Waals surface area contributed by atoms with E-state index in [1.165, 1.54) is 6.07 Å². The Morgan fingerprint density at radius 2 is 2.05 bits per heavy atom. The number of halogens is 1. The van der Waals surface area contributed by atoms with Gasteiger partial charge in [0, 0.05) is 26.2 Å². The number of benzene rings is 1. The molecule has 114 valence electrons. The maximum absolute atomic E-state index is 13.8. The average molecular weight is 294 g/mol. The number of carbonyl (C=O) groups is 1. The molecule has 1 fully saturated rings. The van der Waals surface area contributed by atoms with Crippen LogP contribution < -0.4 is 5.73 Å². The highest BCUT2D eigenvalue weighted by Crippen LogP contribution is 2.14. The topological polar surface area (TPSA) is 82.2 Å². The van der Waals surface area contributed by atoms with Crippen LogP contribution in [0.2, 0.25) is 0 Å². The second-order valence-corrected chi connectivity index (χ2v) is 5.14. The highest BCUT2D eigenvalue weighted by molar-refractivity contribution is 5.94. The number of hydrogen-bond acceptors (Lipinski definition) is 4. The number of piperazine rings is 1. The van der Waals surface area contributed by atoms with Gasteiger partial charge >= 0.3 is 0 Å². The number of nitrogens with two attached hydrogens (primary N) is 1. The first-order chi connectivity index (χ1) is 10.0. The fourth-order valence-electron chi connectivity index (χ4n) is 2.34. The van der Waals surface area contributed by atoms with Crippen molar-refractivity contribution in [2.75, 3.05) is 32.7 Å². The number of hydrogen-bond donors (Lipinski definition) is 2. The van der Waals surface area contributed by atoms with Gasteiger partial charge < -0.3 is 15.8 Å². The van der Waals surface area contributed by atoms with Gasteiger partial charge in [0.2, 0.25) is 0 Å². The van der Waals surface area contributed by atoms with Crippen molar-refractivity contribution in [3.05, 3.63) is 35.1 Å². The number of aryl methyl sites for hydroxylation is 1. The molecule has 1 aromatic rings. The maximum atomic E-state index is 13.8. The van der Waals surface area contributed by atoms with E-state index < -0.39 is 5.82 Å². The van der Waals surface area contributed by atoms with Crippen LogP contribution in [0.4, 0.5) is 4.39 Å². The second kappa shape index (κ2) is 6.53. The number of nitrogens with zero attached hydrogens (tertiary/aromatic N) is 3. The van der Waals surface area contributed by atoms with Crippen LogP contribution in [0, 0.1) is 12.7 Å². The second-order valence-electron chi connectivity index (χ2n) is 5.14. The molecule has 1 heterocycles. The molecular weight excluding hydrogens is 275 g/mol. The molecule has 1 aliphatic rings. The van der Waals surface area contributed by atoms with E-state index in [4.69, 9.17) is 10.9 Å². The molecule has 6 nitrogen and oxygen atoms in total. The van der Waals surface area contributed by atoms with E-state index in [9.17, 15) is 9.18 Å². The van der Waals surface area contributed by atoms with Gasteiger partial charge in [-0.3, -0.25) is 9.69 Å². The molecule has 0 spiro atoms. The third kappa shape index (κ3) is 3.69. The summed E-state index contributed by atoms with van der Waals surface area (Å²) >= 11 is 0. The van der Waals surface area contributed by atoms with Gasteiger partial charge in [-0.2, -0.15) is 0 Å². The van der Waals surface area contributed by atoms with Crippen LogP contribution in [0.3, 0.4) is 0 Å². The Bertz CT molecular complexity index is 554. The first-order valence-corrected chi connectivity index (χ1v) is 6.75. The van der Waals surface area contributed by atoms with Gasteiger partial charge in [0.15, 0.2) is 5.84 Å². The largest absolute Gasteiger partial charge is 0.409 e. The average Bonchev–Trinajstić information content (AvgIpc) is 2.49. The van der Waals surface area contributed by atoms with Crippen LogP contribution in [0.25, 0.3) is 0 Å². The molecule has 2 rings (SSSR count). The zero-order valence-electron chi connectivity index (χ0n) is 11.9. The Hall–Kier alpha value is -2.15. The molecule has 3 N–H and O–H groups in total. The minimum atomic E-state index is -0.496. The molecule has 0 radical (unpaired) electrons. The summed E-state index contributed by atoms with van der Waals surface area (Å²) < 4.78 is 13.8. The Morgan fingerprint density at radius 1 is 1.38 bits per heavy atom. The molecule has 0 bridgehead atoms. The van der Waals surface area contributed by atoms with Gasteiger partial charge in [-0.1, -0.05) is 16.8 Å². The van der Waals surface area contributed by atoms with Crippen LogP contribution in [0.1, 0.15) is 15.9 Å². The van der Waals surface area contributed by atoms with Crippen molar-refractivity contribution >= 4 is 11.7 Å². The minimum Gasteiger partial charge on any atom is -0.409 e. The summed E-state index contributed by atoms with van der Waals surface area (Å²) in [4.78, 5) is 15.9. The fourth-order valence-corrected chi connectivity index (χ4v) is 2.34. The summed E-state index contributed by atoms with van der Waals surface area (Å²) in [7, 11) is 0. The van der Waals surface area contributed by atoms with E-state index in [1.807, 2.05) is 11.8 Å². The lowest BCUT2D eigenvalue weighted by Crippen LogP contribution is -2.50. The third-order valence-electron chi connectivity index (χ3n) is 3.53. The Kier molecular flexibility index (Phi) is 4.74. The summed E-state index contributed by atoms with van der Waals surface area (Å²) in [6.07, 6.45) is 0. The summed E-state index contributed by atoms with van der Waals surface area (Å²) in [6, 6.07) is 4.53. The predicted molar refractivity (Wildman–Crippen MR) is 76.9 cm³/mol. The van der Waals surface area contributed by atoms with Gasteiger partial charge in [0.05, 0.1) is 12.1 Å². The highest BCUT2D eigenvalue weighted by atomic mass is 19.1. The van der Waals surface area contributed by atoms with E-state index in [-0.39, 0.29) is 17.3 Å². The van der Waals surface area contributed by atoms with Crippen LogP contribution in [-0.2, 0) is 0 Å². The van der Waals surface area contributed by atoms with E-state index in [2.05, 4.69) is 5.16 Å². The molecule has 0 aromatic heterocycles. The highest BCUT2D eigenvalue weighted by Gasteiger charge is 2.24. The summed E-state index contributed by atoms with van der Waals surface area (Å²) in [5, 5.41) is 11.5. The van der Waals surface area contributed by atoms with Crippen LogP contribution >= 0.6 is 0 Å². The van der Waals surface area contributed by atoms with E-state index in [1.54, 1.807) is 17.0 Å². The lowest BCUT2D eigenvalue weighted by Gasteiger charge is -2.34. The monoisotopic (exact) mass is 294 g/mol. The van der Waals surface area contributed by atoms with Crippen LogP contribution in [-0.4, -0.2) is 59.5 Å². The van der Waals surface area contributed by atoms with Gasteiger partial charge in [0.1, 0.15) is 5.82 Å². The Morgan fingerprint density at radius 3 is 2.67 bits per heavy atom. The molecule has 0 aliphatic carbocycles. The third-order valence-corrected chi connectivity index (χ3v) is 3.53. The molecule has 0 atom stereocenters. The van der Waals surface area contributed by atoms with Crippen molar-refractivity contribution in [1.82, 2.24) is 9.80 Å². The van der Waals surface area contributed by atoms with E-state index in [0.717, 1.165) is 5.56 Å². The quantitative estimate of drug-likeness (QED) is 0.371. The minimum absolute atomic E-state index is 0.111. The predicted octanol–water partition coefficient (Wildman–Crippen LogP) is 0.638. The molecule has 0 saturated carbocycles. The molecule has 7 heteroatoms. The van der Waals surface area contributed by atoms with Crippen molar-refractivity contribution in [2.45, 2.75) is 6.92 Å². The number of amidine groups is 1. The normalized spacial score (nSPS) is 17.0. The molecule has 1 amide bonds. The van der Waals surface area contributed by atoms with Crippen molar-refractivity contribution in [3.63, 3.8) is 0 Å². The van der Waals surface area contributed by atoms with Crippen molar-refractivity contribution in [3.8, 4) is 0 Å². The molecule has 21 heavy (non-hydrogen) atoms. The molecule has 0 unspecified atom stereocenters. The lowest BCUT2D eigenvalue weighted by molar-refractivity contribution is 0.0648. The number of rotatable bonds is 3. The first kappa shape index (κ1) is 15.2. The number of oxime groups is 1. The molecule has 1 aromatic carbocycles. The number of carbonyl (C=O) groups excluding carboxylic acids is 1. The van der Waals surface area contributed by atoms with Crippen molar-refractivity contribution in [2.24, 2.45) is 10.9 Å². The van der Waals surface area contributed by atoms with Gasteiger partial charge in [-0.25, -0.2) is 4.39 Å². The Labute approximate surface area is 122 Å². The van der Waals surface area contributed by atoms with Crippen LogP contribution in [0.5, 0.6) is 0 Å². The zero-order valence-corrected chi connectivity index (χ0v) is 11.9. The summed E-state index contributed by atoms with van der Waals surface area (Å²) in [5.74, 6) is -0.649. The van der Waals surface area contributed by atoms with Gasteiger partial charge in [-0.15, -0.1) is 0 Å². The van der Waals surface area contributed by atoms with Crippen molar-refractivity contribution < 1.29 is 14.4 Å². The van der Waals surface area contributed by atoms with Gasteiger partial charge in [-0.05, 0) is 19.1 Å². The Balaban J connectivity index is 1.99. The molecule has 1 saturated heterocycles.